The fourth-order valence-electron chi connectivity index (χ4n) is 3.50. The largest absolute Gasteiger partial charge is 0.494 e. The predicted molar refractivity (Wildman–Crippen MR) is 143 cm³/mol. The van der Waals surface area contributed by atoms with Crippen molar-refractivity contribution in [3.05, 3.63) is 54.0 Å². The van der Waals surface area contributed by atoms with Crippen LogP contribution in [0.3, 0.4) is 0 Å². The number of hydrogen-bond acceptors (Lipinski definition) is 7. The number of benzene rings is 1. The molecule has 0 bridgehead atoms. The van der Waals surface area contributed by atoms with Crippen molar-refractivity contribution in [1.29, 1.82) is 0 Å². The van der Waals surface area contributed by atoms with Crippen LogP contribution in [-0.2, 0) is 11.8 Å². The van der Waals surface area contributed by atoms with Crippen molar-refractivity contribution in [1.82, 2.24) is 19.4 Å². The van der Waals surface area contributed by atoms with Crippen LogP contribution < -0.4 is 20.3 Å². The van der Waals surface area contributed by atoms with Gasteiger partial charge in [0.05, 0.1) is 41.1 Å². The van der Waals surface area contributed by atoms with Gasteiger partial charge in [0, 0.05) is 50.7 Å². The van der Waals surface area contributed by atoms with Gasteiger partial charge in [-0.15, -0.1) is 0 Å². The third kappa shape index (κ3) is 6.12. The van der Waals surface area contributed by atoms with Crippen molar-refractivity contribution in [2.45, 2.75) is 6.92 Å². The fraction of sp³-hybridized carbons (Fsp3) is 0.320. The second kappa shape index (κ2) is 11.2. The Hall–Kier alpha value is -3.56. The number of nitrogens with zero attached hydrogens (tertiary/aromatic N) is 5. The lowest BCUT2D eigenvalue weighted by Gasteiger charge is -2.26. The van der Waals surface area contributed by atoms with Crippen molar-refractivity contribution >= 4 is 40.5 Å². The minimum Gasteiger partial charge on any atom is -0.494 e. The van der Waals surface area contributed by atoms with Gasteiger partial charge in [0.1, 0.15) is 5.75 Å². The molecule has 0 atom stereocenters. The highest BCUT2D eigenvalue weighted by atomic mass is 35.5. The van der Waals surface area contributed by atoms with Crippen LogP contribution in [0.25, 0.3) is 11.3 Å². The van der Waals surface area contributed by atoms with E-state index >= 15 is 0 Å². The van der Waals surface area contributed by atoms with Crippen LogP contribution in [0.15, 0.2) is 43.2 Å². The molecule has 2 heterocycles. The molecule has 9 nitrogen and oxygen atoms in total. The highest BCUT2D eigenvalue weighted by Crippen LogP contribution is 2.38. The molecule has 0 aliphatic rings. The van der Waals surface area contributed by atoms with E-state index in [0.29, 0.717) is 33.8 Å². The van der Waals surface area contributed by atoms with E-state index in [1.165, 1.54) is 6.08 Å². The van der Waals surface area contributed by atoms with Gasteiger partial charge < -0.3 is 29.7 Å². The molecule has 0 aliphatic heterocycles. The SMILES string of the molecule is C=CC(=O)Nc1cc(Nc2ncc(Cl)c(-c3ccn(C)c3C)n2)c(OC)cc1N(C)CCN(C)C. The standard InChI is InChI=1S/C25H32ClN7O2/c1-8-23(34)28-19-13-20(22(35-7)14-21(19)33(6)12-11-31(3)4)29-25-27-15-18(26)24(30-25)17-9-10-32(5)16(17)2/h8-10,13-15H,1,11-12H2,2-7H3,(H,28,34)(H,27,29,30). The van der Waals surface area contributed by atoms with Gasteiger partial charge in [-0.25, -0.2) is 9.97 Å². The monoisotopic (exact) mass is 497 g/mol. The van der Waals surface area contributed by atoms with Crippen LogP contribution in [0.4, 0.5) is 23.0 Å². The molecule has 3 rings (SSSR count). The zero-order chi connectivity index (χ0) is 25.7. The second-order valence-corrected chi connectivity index (χ2v) is 8.84. The summed E-state index contributed by atoms with van der Waals surface area (Å²) in [4.78, 5) is 25.3. The summed E-state index contributed by atoms with van der Waals surface area (Å²) in [6.07, 6.45) is 4.76. The van der Waals surface area contributed by atoms with Gasteiger partial charge in [0.15, 0.2) is 0 Å². The molecule has 186 valence electrons. The Morgan fingerprint density at radius 2 is 2.00 bits per heavy atom. The van der Waals surface area contributed by atoms with E-state index in [4.69, 9.17) is 16.3 Å². The number of rotatable bonds is 10. The zero-order valence-corrected chi connectivity index (χ0v) is 21.8. The lowest BCUT2D eigenvalue weighted by Crippen LogP contribution is -2.29. The highest BCUT2D eigenvalue weighted by molar-refractivity contribution is 6.33. The normalized spacial score (nSPS) is 10.9. The van der Waals surface area contributed by atoms with Crippen LogP contribution >= 0.6 is 11.6 Å². The molecule has 0 saturated carbocycles. The van der Waals surface area contributed by atoms with E-state index in [1.54, 1.807) is 19.4 Å². The number of aromatic nitrogens is 3. The molecule has 1 amide bonds. The summed E-state index contributed by atoms with van der Waals surface area (Å²) in [5.74, 6) is 0.609. The van der Waals surface area contributed by atoms with Crippen LogP contribution in [0, 0.1) is 6.92 Å². The average molecular weight is 498 g/mol. The maximum Gasteiger partial charge on any atom is 0.247 e. The number of carbonyl (C=O) groups excluding carboxylic acids is 1. The number of aryl methyl sites for hydroxylation is 1. The zero-order valence-electron chi connectivity index (χ0n) is 21.0. The summed E-state index contributed by atoms with van der Waals surface area (Å²) >= 11 is 6.43. The molecule has 3 aromatic rings. The van der Waals surface area contributed by atoms with Gasteiger partial charge in [0.25, 0.3) is 0 Å². The molecule has 0 unspecified atom stereocenters. The summed E-state index contributed by atoms with van der Waals surface area (Å²) in [7, 11) is 9.55. The van der Waals surface area contributed by atoms with Crippen molar-refractivity contribution in [3.8, 4) is 17.0 Å². The molecule has 0 aliphatic carbocycles. The third-order valence-electron chi connectivity index (χ3n) is 5.68. The fourth-order valence-corrected chi connectivity index (χ4v) is 3.69. The minimum absolute atomic E-state index is 0.312. The van der Waals surface area contributed by atoms with Crippen LogP contribution in [0.2, 0.25) is 5.02 Å². The maximum atomic E-state index is 12.2. The third-order valence-corrected chi connectivity index (χ3v) is 5.96. The summed E-state index contributed by atoms with van der Waals surface area (Å²) in [5, 5.41) is 6.56. The summed E-state index contributed by atoms with van der Waals surface area (Å²) in [5.41, 5.74) is 4.59. The van der Waals surface area contributed by atoms with Crippen LogP contribution in [-0.4, -0.2) is 66.7 Å². The molecule has 0 fully saturated rings. The van der Waals surface area contributed by atoms with Crippen molar-refractivity contribution in [3.63, 3.8) is 0 Å². The number of anilines is 4. The smallest absolute Gasteiger partial charge is 0.247 e. The first-order chi connectivity index (χ1) is 16.6. The average Bonchev–Trinajstić information content (AvgIpc) is 3.16. The van der Waals surface area contributed by atoms with Gasteiger partial charge in [0.2, 0.25) is 11.9 Å². The van der Waals surface area contributed by atoms with Gasteiger partial charge in [-0.1, -0.05) is 18.2 Å². The molecular formula is C25H32ClN7O2. The van der Waals surface area contributed by atoms with Gasteiger partial charge in [-0.2, -0.15) is 0 Å². The molecule has 10 heteroatoms. The van der Waals surface area contributed by atoms with Gasteiger partial charge >= 0.3 is 0 Å². The van der Waals surface area contributed by atoms with E-state index in [-0.39, 0.29) is 5.91 Å². The Morgan fingerprint density at radius 1 is 1.26 bits per heavy atom. The Kier molecular flexibility index (Phi) is 8.37. The Labute approximate surface area is 211 Å². The van der Waals surface area contributed by atoms with E-state index in [2.05, 4.69) is 37.0 Å². The van der Waals surface area contributed by atoms with Crippen molar-refractivity contribution in [2.75, 3.05) is 56.9 Å². The second-order valence-electron chi connectivity index (χ2n) is 8.43. The molecule has 35 heavy (non-hydrogen) atoms. The number of likely N-dealkylation sites (N-methyl/N-ethyl adjacent to an activating group) is 2. The molecular weight excluding hydrogens is 466 g/mol. The van der Waals surface area contributed by atoms with Gasteiger partial charge in [-0.05, 0) is 39.2 Å². The highest BCUT2D eigenvalue weighted by Gasteiger charge is 2.18. The number of ether oxygens (including phenoxy) is 1. The topological polar surface area (TPSA) is 87.5 Å². The molecule has 2 aromatic heterocycles. The number of nitrogens with one attached hydrogen (secondary N) is 2. The molecule has 0 spiro atoms. The van der Waals surface area contributed by atoms with Gasteiger partial charge in [-0.3, -0.25) is 4.79 Å². The predicted octanol–water partition coefficient (Wildman–Crippen LogP) is 4.32. The number of amides is 1. The lowest BCUT2D eigenvalue weighted by molar-refractivity contribution is -0.111. The van der Waals surface area contributed by atoms with E-state index < -0.39 is 0 Å². The van der Waals surface area contributed by atoms with E-state index in [1.807, 2.05) is 58.0 Å². The molecule has 1 aromatic carbocycles. The lowest BCUT2D eigenvalue weighted by atomic mass is 10.2. The number of carbonyl (C=O) groups is 1. The van der Waals surface area contributed by atoms with Crippen molar-refractivity contribution < 1.29 is 9.53 Å². The van der Waals surface area contributed by atoms with Crippen LogP contribution in [0.1, 0.15) is 5.69 Å². The Balaban J connectivity index is 2.02. The maximum absolute atomic E-state index is 12.2. The molecule has 2 N–H and O–H groups in total. The Bertz CT molecular complexity index is 1220. The number of halogens is 1. The summed E-state index contributed by atoms with van der Waals surface area (Å²) in [6.45, 7) is 7.16. The first-order valence-electron chi connectivity index (χ1n) is 11.1. The number of hydrogen-bond donors (Lipinski definition) is 2. The molecule has 0 saturated heterocycles. The van der Waals surface area contributed by atoms with Crippen LogP contribution in [0.5, 0.6) is 5.75 Å². The first-order valence-corrected chi connectivity index (χ1v) is 11.5. The minimum atomic E-state index is -0.312. The van der Waals surface area contributed by atoms with E-state index in [9.17, 15) is 4.79 Å². The quantitative estimate of drug-likeness (QED) is 0.403. The number of methoxy groups -OCH3 is 1. The van der Waals surface area contributed by atoms with Crippen molar-refractivity contribution in [2.24, 2.45) is 7.05 Å². The molecule has 0 radical (unpaired) electrons. The van der Waals surface area contributed by atoms with E-state index in [0.717, 1.165) is 30.0 Å². The summed E-state index contributed by atoms with van der Waals surface area (Å²) < 4.78 is 7.67. The Morgan fingerprint density at radius 3 is 2.60 bits per heavy atom. The summed E-state index contributed by atoms with van der Waals surface area (Å²) in [6, 6.07) is 5.64. The first kappa shape index (κ1) is 26.1.